The van der Waals surface area contributed by atoms with Gasteiger partial charge in [0.1, 0.15) is 12.9 Å². The molecule has 1 fully saturated rings. The van der Waals surface area contributed by atoms with Gasteiger partial charge in [-0.3, -0.25) is 8.37 Å². The fraction of sp³-hybridized carbons (Fsp3) is 1.00. The molecule has 0 aromatic rings. The minimum absolute atomic E-state index is 0.0418. The molecule has 23 heavy (non-hydrogen) atoms. The van der Waals surface area contributed by atoms with E-state index in [2.05, 4.69) is 0 Å². The van der Waals surface area contributed by atoms with Crippen molar-refractivity contribution < 1.29 is 34.7 Å². The fourth-order valence-corrected chi connectivity index (χ4v) is 3.83. The van der Waals surface area contributed by atoms with Gasteiger partial charge in [0.25, 0.3) is 20.2 Å². The van der Waals surface area contributed by atoms with E-state index >= 15 is 0 Å². The first-order valence-electron chi connectivity index (χ1n) is 7.45. The highest BCUT2D eigenvalue weighted by molar-refractivity contribution is 7.86. The average molecular weight is 374 g/mol. The van der Waals surface area contributed by atoms with Crippen molar-refractivity contribution in [2.45, 2.75) is 44.3 Å². The summed E-state index contributed by atoms with van der Waals surface area (Å²) in [7, 11) is -5.78. The van der Waals surface area contributed by atoms with Crippen molar-refractivity contribution >= 4 is 20.2 Å². The second kappa shape index (κ2) is 9.28. The zero-order valence-electron chi connectivity index (χ0n) is 13.8. The standard InChI is InChI=1S/C13H26O8S2/c1-18-10-19-12(8-9-20-22(2,14)15)13(21-23(3,16)17)11-6-4-5-7-11/h11-13H,4-10H2,1-3H3/t12-,13+/m0/s1. The topological polar surface area (TPSA) is 105 Å². The number of hydrogen-bond acceptors (Lipinski definition) is 8. The van der Waals surface area contributed by atoms with Gasteiger partial charge in [0.15, 0.2) is 0 Å². The van der Waals surface area contributed by atoms with Crippen molar-refractivity contribution in [2.75, 3.05) is 33.0 Å². The predicted molar refractivity (Wildman–Crippen MR) is 83.8 cm³/mol. The summed E-state index contributed by atoms with van der Waals surface area (Å²) < 4.78 is 65.7. The van der Waals surface area contributed by atoms with Crippen molar-refractivity contribution in [1.82, 2.24) is 0 Å². The smallest absolute Gasteiger partial charge is 0.264 e. The van der Waals surface area contributed by atoms with Crippen molar-refractivity contribution in [3.63, 3.8) is 0 Å². The van der Waals surface area contributed by atoms with Crippen LogP contribution in [-0.4, -0.2) is 62.1 Å². The normalized spacial score (nSPS) is 19.8. The van der Waals surface area contributed by atoms with E-state index in [1.807, 2.05) is 0 Å². The fourth-order valence-electron chi connectivity index (χ4n) is 2.75. The Morgan fingerprint density at radius 3 is 2.13 bits per heavy atom. The van der Waals surface area contributed by atoms with Crippen LogP contribution in [0.4, 0.5) is 0 Å². The van der Waals surface area contributed by atoms with Crippen LogP contribution in [-0.2, 0) is 38.1 Å². The summed E-state index contributed by atoms with van der Waals surface area (Å²) in [6.45, 7) is -0.149. The monoisotopic (exact) mass is 374 g/mol. The lowest BCUT2D eigenvalue weighted by Crippen LogP contribution is -2.40. The molecule has 0 amide bonds. The van der Waals surface area contributed by atoms with Crippen LogP contribution in [0.15, 0.2) is 0 Å². The van der Waals surface area contributed by atoms with Gasteiger partial charge in [-0.15, -0.1) is 0 Å². The summed E-state index contributed by atoms with van der Waals surface area (Å²) in [5.41, 5.74) is 0. The van der Waals surface area contributed by atoms with Crippen LogP contribution in [0.1, 0.15) is 32.1 Å². The van der Waals surface area contributed by atoms with Crippen LogP contribution < -0.4 is 0 Å². The molecule has 0 heterocycles. The van der Waals surface area contributed by atoms with Crippen LogP contribution in [0.25, 0.3) is 0 Å². The molecular formula is C13H26O8S2. The van der Waals surface area contributed by atoms with E-state index in [1.165, 1.54) is 7.11 Å². The van der Waals surface area contributed by atoms with Gasteiger partial charge >= 0.3 is 0 Å². The molecule has 1 aliphatic rings. The molecule has 1 aliphatic carbocycles. The minimum atomic E-state index is -3.66. The lowest BCUT2D eigenvalue weighted by molar-refractivity contribution is -0.120. The van der Waals surface area contributed by atoms with Crippen LogP contribution in [0, 0.1) is 5.92 Å². The molecule has 0 N–H and O–H groups in total. The number of hydrogen-bond donors (Lipinski definition) is 0. The van der Waals surface area contributed by atoms with E-state index in [1.54, 1.807) is 0 Å². The maximum absolute atomic E-state index is 11.6. The van der Waals surface area contributed by atoms with Gasteiger partial charge in [0.05, 0.1) is 25.2 Å². The van der Waals surface area contributed by atoms with Gasteiger partial charge in [-0.05, 0) is 18.8 Å². The zero-order valence-corrected chi connectivity index (χ0v) is 15.4. The molecule has 1 rings (SSSR count). The molecule has 138 valence electrons. The van der Waals surface area contributed by atoms with Gasteiger partial charge in [0, 0.05) is 13.5 Å². The molecule has 8 nitrogen and oxygen atoms in total. The van der Waals surface area contributed by atoms with Crippen LogP contribution in [0.2, 0.25) is 0 Å². The Kier molecular flexibility index (Phi) is 8.39. The maximum Gasteiger partial charge on any atom is 0.264 e. The SMILES string of the molecule is COCO[C@@H](CCOS(C)(=O)=O)[C@H](OS(C)(=O)=O)C1CCCC1. The van der Waals surface area contributed by atoms with Gasteiger partial charge in [-0.25, -0.2) is 0 Å². The highest BCUT2D eigenvalue weighted by Crippen LogP contribution is 2.33. The highest BCUT2D eigenvalue weighted by Gasteiger charge is 2.35. The lowest BCUT2D eigenvalue weighted by Gasteiger charge is -2.30. The molecule has 0 bridgehead atoms. The Labute approximate surface area is 138 Å². The summed E-state index contributed by atoms with van der Waals surface area (Å²) in [5, 5.41) is 0. The Balaban J connectivity index is 2.81. The summed E-state index contributed by atoms with van der Waals surface area (Å²) in [6.07, 6.45) is 4.54. The number of ether oxygens (including phenoxy) is 2. The Morgan fingerprint density at radius 1 is 1.04 bits per heavy atom. The molecule has 0 aromatic carbocycles. The minimum Gasteiger partial charge on any atom is -0.359 e. The number of rotatable bonds is 11. The molecule has 0 saturated heterocycles. The van der Waals surface area contributed by atoms with Crippen molar-refractivity contribution in [2.24, 2.45) is 5.92 Å². The molecule has 0 aliphatic heterocycles. The second-order valence-electron chi connectivity index (χ2n) is 5.74. The van der Waals surface area contributed by atoms with Crippen molar-refractivity contribution in [3.8, 4) is 0 Å². The molecule has 10 heteroatoms. The van der Waals surface area contributed by atoms with Crippen molar-refractivity contribution in [3.05, 3.63) is 0 Å². The molecular weight excluding hydrogens is 348 g/mol. The summed E-state index contributed by atoms with van der Waals surface area (Å²) in [6, 6.07) is 0. The van der Waals surface area contributed by atoms with E-state index in [0.29, 0.717) is 0 Å². The second-order valence-corrected chi connectivity index (χ2v) is 8.98. The summed E-state index contributed by atoms with van der Waals surface area (Å²) >= 11 is 0. The first-order chi connectivity index (χ1) is 10.6. The molecule has 0 spiro atoms. The third kappa shape index (κ3) is 8.96. The third-order valence-electron chi connectivity index (χ3n) is 3.62. The lowest BCUT2D eigenvalue weighted by atomic mass is 9.95. The van der Waals surface area contributed by atoms with E-state index in [0.717, 1.165) is 38.2 Å². The summed E-state index contributed by atoms with van der Waals surface area (Å²) in [5.74, 6) is 0.0461. The third-order valence-corrected chi connectivity index (χ3v) is 4.78. The van der Waals surface area contributed by atoms with Gasteiger partial charge < -0.3 is 9.47 Å². The summed E-state index contributed by atoms with van der Waals surface area (Å²) in [4.78, 5) is 0. The van der Waals surface area contributed by atoms with Crippen molar-refractivity contribution in [1.29, 1.82) is 0 Å². The first-order valence-corrected chi connectivity index (χ1v) is 11.1. The van der Waals surface area contributed by atoms with Gasteiger partial charge in [-0.2, -0.15) is 16.8 Å². The van der Waals surface area contributed by atoms with Crippen LogP contribution >= 0.6 is 0 Å². The largest absolute Gasteiger partial charge is 0.359 e. The average Bonchev–Trinajstić information content (AvgIpc) is 2.91. The molecule has 1 saturated carbocycles. The Hall–Kier alpha value is -0.260. The van der Waals surface area contributed by atoms with Crippen LogP contribution in [0.3, 0.4) is 0 Å². The molecule has 0 radical (unpaired) electrons. The first kappa shape index (κ1) is 20.8. The zero-order chi connectivity index (χ0) is 17.5. The quantitative estimate of drug-likeness (QED) is 0.388. The molecule has 2 atom stereocenters. The number of methoxy groups -OCH3 is 1. The van der Waals surface area contributed by atoms with Gasteiger partial charge in [0.2, 0.25) is 0 Å². The van der Waals surface area contributed by atoms with Gasteiger partial charge in [-0.1, -0.05) is 12.8 Å². The van der Waals surface area contributed by atoms with Crippen LogP contribution in [0.5, 0.6) is 0 Å². The van der Waals surface area contributed by atoms with E-state index in [-0.39, 0.29) is 25.7 Å². The molecule has 0 unspecified atom stereocenters. The van der Waals surface area contributed by atoms with E-state index in [4.69, 9.17) is 17.8 Å². The Bertz CT molecular complexity index is 536. The predicted octanol–water partition coefficient (Wildman–Crippen LogP) is 0.877. The molecule has 0 aromatic heterocycles. The highest BCUT2D eigenvalue weighted by atomic mass is 32.2. The van der Waals surface area contributed by atoms with E-state index in [9.17, 15) is 16.8 Å². The Morgan fingerprint density at radius 2 is 1.65 bits per heavy atom. The van der Waals surface area contributed by atoms with E-state index < -0.39 is 32.4 Å². The maximum atomic E-state index is 11.6.